The smallest absolute Gasteiger partial charge is 0.251 e. The molecule has 1 N–H and O–H groups in total. The van der Waals surface area contributed by atoms with Crippen molar-refractivity contribution < 1.29 is 9.59 Å². The highest BCUT2D eigenvalue weighted by Crippen LogP contribution is 2.18. The second-order valence-corrected chi connectivity index (χ2v) is 6.52. The van der Waals surface area contributed by atoms with Crippen LogP contribution in [0.4, 0.5) is 0 Å². The van der Waals surface area contributed by atoms with Gasteiger partial charge in [-0.15, -0.1) is 11.3 Å². The average Bonchev–Trinajstić information content (AvgIpc) is 3.02. The number of hydrogen-bond acceptors (Lipinski definition) is 5. The Morgan fingerprint density at radius 3 is 2.78 bits per heavy atom. The Balaban J connectivity index is 1.45. The van der Waals surface area contributed by atoms with E-state index in [1.54, 1.807) is 12.4 Å². The van der Waals surface area contributed by atoms with E-state index in [-0.39, 0.29) is 11.8 Å². The standard InChI is InChI=1S/C16H20N4O2S/c1-12(21)20-8-6-19(7-9-20)5-4-17-16(22)13-2-3-14-15(10-13)23-11-18-14/h2-3,10-11H,4-9H2,1H3,(H,17,22). The molecule has 0 saturated carbocycles. The van der Waals surface area contributed by atoms with Crippen molar-refractivity contribution in [3.8, 4) is 0 Å². The number of carbonyl (C=O) groups is 2. The average molecular weight is 332 g/mol. The summed E-state index contributed by atoms with van der Waals surface area (Å²) in [5.41, 5.74) is 3.38. The van der Waals surface area contributed by atoms with Crippen molar-refractivity contribution in [2.45, 2.75) is 6.92 Å². The van der Waals surface area contributed by atoms with Gasteiger partial charge in [-0.3, -0.25) is 14.5 Å². The molecule has 0 spiro atoms. The summed E-state index contributed by atoms with van der Waals surface area (Å²) in [6, 6.07) is 5.57. The van der Waals surface area contributed by atoms with Gasteiger partial charge < -0.3 is 10.2 Å². The van der Waals surface area contributed by atoms with Crippen molar-refractivity contribution in [1.82, 2.24) is 20.1 Å². The second-order valence-electron chi connectivity index (χ2n) is 5.64. The van der Waals surface area contributed by atoms with E-state index in [1.165, 1.54) is 11.3 Å². The first kappa shape index (κ1) is 15.9. The monoisotopic (exact) mass is 332 g/mol. The van der Waals surface area contributed by atoms with Crippen LogP contribution >= 0.6 is 11.3 Å². The van der Waals surface area contributed by atoms with Gasteiger partial charge in [0.15, 0.2) is 0 Å². The molecule has 1 aliphatic rings. The zero-order valence-electron chi connectivity index (χ0n) is 13.1. The van der Waals surface area contributed by atoms with Gasteiger partial charge in [0, 0.05) is 51.8 Å². The van der Waals surface area contributed by atoms with Gasteiger partial charge in [0.25, 0.3) is 5.91 Å². The van der Waals surface area contributed by atoms with E-state index in [2.05, 4.69) is 15.2 Å². The first-order valence-corrected chi connectivity index (χ1v) is 8.61. The Labute approximate surface area is 139 Å². The summed E-state index contributed by atoms with van der Waals surface area (Å²) in [6.45, 7) is 6.29. The fraction of sp³-hybridized carbons (Fsp3) is 0.438. The molecule has 23 heavy (non-hydrogen) atoms. The number of fused-ring (bicyclic) bond motifs is 1. The molecule has 0 bridgehead atoms. The van der Waals surface area contributed by atoms with E-state index in [1.807, 2.05) is 23.1 Å². The van der Waals surface area contributed by atoms with E-state index in [0.717, 1.165) is 42.9 Å². The number of nitrogens with one attached hydrogen (secondary N) is 1. The SMILES string of the molecule is CC(=O)N1CCN(CCNC(=O)c2ccc3ncsc3c2)CC1. The molecule has 1 aliphatic heterocycles. The molecule has 122 valence electrons. The summed E-state index contributed by atoms with van der Waals surface area (Å²) in [7, 11) is 0. The van der Waals surface area contributed by atoms with E-state index in [0.29, 0.717) is 12.1 Å². The van der Waals surface area contributed by atoms with E-state index in [4.69, 9.17) is 0 Å². The lowest BCUT2D eigenvalue weighted by Crippen LogP contribution is -2.49. The van der Waals surface area contributed by atoms with Gasteiger partial charge in [-0.05, 0) is 18.2 Å². The fourth-order valence-corrected chi connectivity index (χ4v) is 3.43. The maximum atomic E-state index is 12.2. The molecule has 2 aromatic rings. The third-order valence-corrected chi connectivity index (χ3v) is 4.92. The molecule has 0 unspecified atom stereocenters. The van der Waals surface area contributed by atoms with Crippen LogP contribution in [0.5, 0.6) is 0 Å². The number of amides is 2. The predicted molar refractivity (Wildman–Crippen MR) is 90.6 cm³/mol. The number of nitrogens with zero attached hydrogens (tertiary/aromatic N) is 3. The van der Waals surface area contributed by atoms with E-state index >= 15 is 0 Å². The van der Waals surface area contributed by atoms with Crippen molar-refractivity contribution in [1.29, 1.82) is 0 Å². The van der Waals surface area contributed by atoms with Gasteiger partial charge in [-0.25, -0.2) is 4.98 Å². The Kier molecular flexibility index (Phi) is 4.88. The summed E-state index contributed by atoms with van der Waals surface area (Å²) < 4.78 is 1.03. The van der Waals surface area contributed by atoms with Gasteiger partial charge in [0.1, 0.15) is 0 Å². The van der Waals surface area contributed by atoms with Crippen molar-refractivity contribution in [3.05, 3.63) is 29.3 Å². The van der Waals surface area contributed by atoms with Crippen LogP contribution in [0.2, 0.25) is 0 Å². The number of aromatic nitrogens is 1. The lowest BCUT2D eigenvalue weighted by molar-refractivity contribution is -0.130. The lowest BCUT2D eigenvalue weighted by atomic mass is 10.2. The molecule has 2 heterocycles. The highest BCUT2D eigenvalue weighted by Gasteiger charge is 2.18. The van der Waals surface area contributed by atoms with Gasteiger partial charge in [-0.1, -0.05) is 0 Å². The minimum atomic E-state index is -0.0531. The third-order valence-electron chi connectivity index (χ3n) is 4.12. The molecule has 1 aromatic heterocycles. The van der Waals surface area contributed by atoms with Crippen LogP contribution in [-0.4, -0.2) is 65.9 Å². The topological polar surface area (TPSA) is 65.5 Å². The summed E-state index contributed by atoms with van der Waals surface area (Å²) in [5.74, 6) is 0.0825. The van der Waals surface area contributed by atoms with Crippen molar-refractivity contribution in [2.24, 2.45) is 0 Å². The van der Waals surface area contributed by atoms with Gasteiger partial charge in [0.2, 0.25) is 5.91 Å². The number of carbonyl (C=O) groups excluding carboxylic acids is 2. The van der Waals surface area contributed by atoms with Crippen LogP contribution in [0, 0.1) is 0 Å². The predicted octanol–water partition coefficient (Wildman–Crippen LogP) is 1.19. The zero-order valence-corrected chi connectivity index (χ0v) is 13.9. The molecule has 1 aromatic carbocycles. The highest BCUT2D eigenvalue weighted by molar-refractivity contribution is 7.16. The Bertz CT molecular complexity index is 707. The Morgan fingerprint density at radius 2 is 2.04 bits per heavy atom. The summed E-state index contributed by atoms with van der Waals surface area (Å²) >= 11 is 1.54. The fourth-order valence-electron chi connectivity index (χ4n) is 2.71. The molecule has 7 heteroatoms. The van der Waals surface area contributed by atoms with Crippen molar-refractivity contribution in [3.63, 3.8) is 0 Å². The molecule has 0 aliphatic carbocycles. The van der Waals surface area contributed by atoms with Gasteiger partial charge >= 0.3 is 0 Å². The molecule has 2 amide bonds. The molecule has 6 nitrogen and oxygen atoms in total. The van der Waals surface area contributed by atoms with Gasteiger partial charge in [-0.2, -0.15) is 0 Å². The number of thiazole rings is 1. The summed E-state index contributed by atoms with van der Waals surface area (Å²) in [4.78, 5) is 31.8. The highest BCUT2D eigenvalue weighted by atomic mass is 32.1. The largest absolute Gasteiger partial charge is 0.351 e. The number of hydrogen-bond donors (Lipinski definition) is 1. The quantitative estimate of drug-likeness (QED) is 0.913. The van der Waals surface area contributed by atoms with E-state index < -0.39 is 0 Å². The van der Waals surface area contributed by atoms with E-state index in [9.17, 15) is 9.59 Å². The normalized spacial score (nSPS) is 15.8. The maximum absolute atomic E-state index is 12.2. The zero-order chi connectivity index (χ0) is 16.2. The minimum Gasteiger partial charge on any atom is -0.351 e. The summed E-state index contributed by atoms with van der Waals surface area (Å²) in [6.07, 6.45) is 0. The van der Waals surface area contributed by atoms with Crippen LogP contribution in [-0.2, 0) is 4.79 Å². The molecule has 1 saturated heterocycles. The second kappa shape index (κ2) is 7.06. The van der Waals surface area contributed by atoms with Crippen LogP contribution in [0.3, 0.4) is 0 Å². The molecular weight excluding hydrogens is 312 g/mol. The molecule has 1 fully saturated rings. The van der Waals surface area contributed by atoms with Crippen molar-refractivity contribution in [2.75, 3.05) is 39.3 Å². The van der Waals surface area contributed by atoms with Crippen molar-refractivity contribution >= 4 is 33.4 Å². The van der Waals surface area contributed by atoms with Crippen LogP contribution < -0.4 is 5.32 Å². The summed E-state index contributed by atoms with van der Waals surface area (Å²) in [5, 5.41) is 2.96. The lowest BCUT2D eigenvalue weighted by Gasteiger charge is -2.34. The van der Waals surface area contributed by atoms with Crippen LogP contribution in [0.25, 0.3) is 10.2 Å². The first-order valence-electron chi connectivity index (χ1n) is 7.73. The molecule has 0 radical (unpaired) electrons. The third kappa shape index (κ3) is 3.86. The van der Waals surface area contributed by atoms with Gasteiger partial charge in [0.05, 0.1) is 15.7 Å². The molecule has 3 rings (SSSR count). The Morgan fingerprint density at radius 1 is 1.26 bits per heavy atom. The van der Waals surface area contributed by atoms with Crippen LogP contribution in [0.15, 0.2) is 23.7 Å². The number of benzene rings is 1. The molecule has 0 atom stereocenters. The first-order chi connectivity index (χ1) is 11.1. The number of piperazine rings is 1. The maximum Gasteiger partial charge on any atom is 0.251 e. The number of rotatable bonds is 4. The van der Waals surface area contributed by atoms with Crippen LogP contribution in [0.1, 0.15) is 17.3 Å². The molecular formula is C16H20N4O2S. The minimum absolute atomic E-state index is 0.0531. The Hall–Kier alpha value is -1.99.